The maximum absolute atomic E-state index is 13.9. The first kappa shape index (κ1) is 23.4. The number of hydrogen-bond donors (Lipinski definition) is 2. The van der Waals surface area contributed by atoms with E-state index in [1.54, 1.807) is 54.6 Å². The Balaban J connectivity index is 1.27. The van der Waals surface area contributed by atoms with Gasteiger partial charge in [-0.1, -0.05) is 23.7 Å². The van der Waals surface area contributed by atoms with Gasteiger partial charge < -0.3 is 15.4 Å². The van der Waals surface area contributed by atoms with E-state index in [0.717, 1.165) is 25.9 Å². The molecule has 2 N–H and O–H groups in total. The molecule has 0 bridgehead atoms. The van der Waals surface area contributed by atoms with Crippen LogP contribution in [0.2, 0.25) is 5.02 Å². The summed E-state index contributed by atoms with van der Waals surface area (Å²) in [6.07, 6.45) is 2.97. The molecule has 180 valence electrons. The zero-order valence-electron chi connectivity index (χ0n) is 18.9. The van der Waals surface area contributed by atoms with E-state index in [-0.39, 0.29) is 11.8 Å². The van der Waals surface area contributed by atoms with Crippen LogP contribution in [0.1, 0.15) is 23.2 Å². The molecule has 2 heterocycles. The van der Waals surface area contributed by atoms with Gasteiger partial charge in [0.05, 0.1) is 23.9 Å². The van der Waals surface area contributed by atoms with Crippen LogP contribution in [0.3, 0.4) is 0 Å². The third-order valence-corrected chi connectivity index (χ3v) is 6.78. The van der Waals surface area contributed by atoms with Crippen molar-refractivity contribution in [2.45, 2.75) is 18.4 Å². The molecule has 0 radical (unpaired) electrons. The van der Waals surface area contributed by atoms with Crippen LogP contribution >= 0.6 is 11.6 Å². The quantitative estimate of drug-likeness (QED) is 0.489. The van der Waals surface area contributed by atoms with Crippen molar-refractivity contribution in [3.8, 4) is 11.1 Å². The van der Waals surface area contributed by atoms with Crippen LogP contribution < -0.4 is 10.6 Å². The zero-order chi connectivity index (χ0) is 24.4. The van der Waals surface area contributed by atoms with Crippen LogP contribution in [-0.2, 0) is 9.53 Å². The normalized spacial score (nSPS) is 17.0. The van der Waals surface area contributed by atoms with Crippen molar-refractivity contribution in [3.63, 3.8) is 0 Å². The number of hydrogen-bond acceptors (Lipinski definition) is 5. The van der Waals surface area contributed by atoms with Gasteiger partial charge in [-0.15, -0.1) is 0 Å². The maximum atomic E-state index is 13.9. The van der Waals surface area contributed by atoms with Crippen molar-refractivity contribution in [1.82, 2.24) is 9.88 Å². The van der Waals surface area contributed by atoms with Crippen molar-refractivity contribution in [2.75, 3.05) is 36.9 Å². The number of anilines is 2. The number of amides is 2. The summed E-state index contributed by atoms with van der Waals surface area (Å²) in [7, 11) is 0. The Morgan fingerprint density at radius 2 is 1.77 bits per heavy atom. The lowest BCUT2D eigenvalue weighted by molar-refractivity contribution is -0.124. The number of pyridine rings is 1. The molecule has 9 heteroatoms. The fourth-order valence-corrected chi connectivity index (χ4v) is 4.50. The van der Waals surface area contributed by atoms with Gasteiger partial charge in [0.25, 0.3) is 5.91 Å². The average Bonchev–Trinajstić information content (AvgIpc) is 3.69. The maximum Gasteiger partial charge on any atom is 0.255 e. The Hall–Kier alpha value is -3.33. The molecule has 2 aromatic carbocycles. The van der Waals surface area contributed by atoms with Crippen LogP contribution in [0, 0.1) is 5.95 Å². The Kier molecular flexibility index (Phi) is 6.51. The molecule has 7 nitrogen and oxygen atoms in total. The minimum absolute atomic E-state index is 0.114. The van der Waals surface area contributed by atoms with E-state index in [2.05, 4.69) is 20.5 Å². The third-order valence-electron chi connectivity index (χ3n) is 6.45. The molecule has 5 rings (SSSR count). The van der Waals surface area contributed by atoms with Crippen molar-refractivity contribution < 1.29 is 18.7 Å². The molecule has 0 spiro atoms. The lowest BCUT2D eigenvalue weighted by atomic mass is 10.1. The molecular weight excluding hydrogens is 471 g/mol. The molecule has 2 aliphatic rings. The van der Waals surface area contributed by atoms with Crippen molar-refractivity contribution in [1.29, 1.82) is 0 Å². The summed E-state index contributed by atoms with van der Waals surface area (Å²) >= 11 is 6.33. The van der Waals surface area contributed by atoms with Crippen LogP contribution in [0.5, 0.6) is 0 Å². The largest absolute Gasteiger partial charge is 0.379 e. The van der Waals surface area contributed by atoms with E-state index in [1.807, 2.05) is 0 Å². The lowest BCUT2D eigenvalue weighted by Crippen LogP contribution is -2.51. The summed E-state index contributed by atoms with van der Waals surface area (Å²) in [5.74, 6) is -1.02. The summed E-state index contributed by atoms with van der Waals surface area (Å²) in [6.45, 7) is 2.67. The molecule has 1 aliphatic carbocycles. The average molecular weight is 495 g/mol. The van der Waals surface area contributed by atoms with E-state index in [1.165, 1.54) is 6.20 Å². The minimum atomic E-state index is -0.554. The van der Waals surface area contributed by atoms with Crippen molar-refractivity contribution >= 4 is 34.8 Å². The van der Waals surface area contributed by atoms with Gasteiger partial charge in [-0.05, 0) is 60.9 Å². The van der Waals surface area contributed by atoms with Gasteiger partial charge in [-0.2, -0.15) is 4.39 Å². The highest BCUT2D eigenvalue weighted by molar-refractivity contribution is 6.34. The Morgan fingerprint density at radius 3 is 2.46 bits per heavy atom. The van der Waals surface area contributed by atoms with Gasteiger partial charge >= 0.3 is 0 Å². The Bertz CT molecular complexity index is 1260. The van der Waals surface area contributed by atoms with Crippen LogP contribution in [-0.4, -0.2) is 53.5 Å². The SMILES string of the molecule is O=C(Nc1ccc(-c2cccnc2F)cc1)c1ccc(Cl)c(NC(=O)C2(N3CCOCC3)CC2)c1. The first-order valence-electron chi connectivity index (χ1n) is 11.4. The fourth-order valence-electron chi connectivity index (χ4n) is 4.34. The van der Waals surface area contributed by atoms with Gasteiger partial charge in [-0.25, -0.2) is 4.98 Å². The molecule has 1 saturated heterocycles. The molecule has 1 saturated carbocycles. The lowest BCUT2D eigenvalue weighted by Gasteiger charge is -2.33. The Labute approximate surface area is 207 Å². The number of morpholine rings is 1. The number of aromatic nitrogens is 1. The number of halogens is 2. The molecule has 0 atom stereocenters. The highest BCUT2D eigenvalue weighted by atomic mass is 35.5. The van der Waals surface area contributed by atoms with Crippen LogP contribution in [0.15, 0.2) is 60.8 Å². The number of nitrogens with zero attached hydrogens (tertiary/aromatic N) is 2. The minimum Gasteiger partial charge on any atom is -0.379 e. The predicted molar refractivity (Wildman–Crippen MR) is 132 cm³/mol. The summed E-state index contributed by atoms with van der Waals surface area (Å²) < 4.78 is 19.3. The summed E-state index contributed by atoms with van der Waals surface area (Å²) in [5.41, 5.74) is 1.80. The first-order valence-corrected chi connectivity index (χ1v) is 11.8. The Morgan fingerprint density at radius 1 is 1.03 bits per heavy atom. The number of rotatable bonds is 6. The van der Waals surface area contributed by atoms with Crippen LogP contribution in [0.25, 0.3) is 11.1 Å². The van der Waals surface area contributed by atoms with Gasteiger partial charge in [0.15, 0.2) is 0 Å². The van der Waals surface area contributed by atoms with Gasteiger partial charge in [0.2, 0.25) is 11.9 Å². The van der Waals surface area contributed by atoms with E-state index in [9.17, 15) is 14.0 Å². The summed E-state index contributed by atoms with van der Waals surface area (Å²) in [4.78, 5) is 31.8. The van der Waals surface area contributed by atoms with Crippen LogP contribution in [0.4, 0.5) is 15.8 Å². The monoisotopic (exact) mass is 494 g/mol. The highest BCUT2D eigenvalue weighted by Crippen LogP contribution is 2.43. The second kappa shape index (κ2) is 9.73. The predicted octanol–water partition coefficient (Wildman–Crippen LogP) is 4.60. The molecule has 3 aromatic rings. The molecule has 2 fully saturated rings. The van der Waals surface area contributed by atoms with E-state index in [4.69, 9.17) is 16.3 Å². The highest BCUT2D eigenvalue weighted by Gasteiger charge is 2.54. The van der Waals surface area contributed by atoms with Crippen molar-refractivity contribution in [2.24, 2.45) is 0 Å². The summed E-state index contributed by atoms with van der Waals surface area (Å²) in [6, 6.07) is 14.9. The number of benzene rings is 2. The second-order valence-electron chi connectivity index (χ2n) is 8.65. The standard InChI is InChI=1S/C26H24ClFN4O3/c27-21-8-5-18(16-22(21)31-25(34)26(9-10-26)32-12-14-35-15-13-32)24(33)30-19-6-3-17(4-7-19)20-2-1-11-29-23(20)28/h1-8,11,16H,9-10,12-15H2,(H,30,33)(H,31,34). The number of carbonyl (C=O) groups is 2. The van der Waals surface area contributed by atoms with Gasteiger partial charge in [0, 0.05) is 36.1 Å². The first-order chi connectivity index (χ1) is 17.0. The number of carbonyl (C=O) groups excluding carboxylic acids is 2. The van der Waals surface area contributed by atoms with Gasteiger partial charge in [-0.3, -0.25) is 14.5 Å². The number of nitrogens with one attached hydrogen (secondary N) is 2. The molecule has 35 heavy (non-hydrogen) atoms. The fraction of sp³-hybridized carbons (Fsp3) is 0.269. The molecular formula is C26H24ClFN4O3. The zero-order valence-corrected chi connectivity index (χ0v) is 19.6. The number of ether oxygens (including phenoxy) is 1. The summed E-state index contributed by atoms with van der Waals surface area (Å²) in [5, 5.41) is 6.10. The van der Waals surface area contributed by atoms with E-state index >= 15 is 0 Å². The van der Waals surface area contributed by atoms with E-state index < -0.39 is 11.5 Å². The van der Waals surface area contributed by atoms with Crippen molar-refractivity contribution in [3.05, 3.63) is 77.3 Å². The topological polar surface area (TPSA) is 83.6 Å². The van der Waals surface area contributed by atoms with E-state index in [0.29, 0.717) is 46.3 Å². The smallest absolute Gasteiger partial charge is 0.255 e. The molecule has 1 aliphatic heterocycles. The van der Waals surface area contributed by atoms with Gasteiger partial charge in [0.1, 0.15) is 5.54 Å². The second-order valence-corrected chi connectivity index (χ2v) is 9.06. The molecule has 2 amide bonds. The molecule has 0 unspecified atom stereocenters. The molecule has 1 aromatic heterocycles. The third kappa shape index (κ3) is 4.91.